The highest BCUT2D eigenvalue weighted by molar-refractivity contribution is 9.10. The number of fused-ring (bicyclic) bond motifs is 1. The first kappa shape index (κ1) is 20.9. The van der Waals surface area contributed by atoms with Crippen molar-refractivity contribution in [3.8, 4) is 11.5 Å². The highest BCUT2D eigenvalue weighted by Crippen LogP contribution is 2.29. The molecule has 7 nitrogen and oxygen atoms in total. The second kappa shape index (κ2) is 9.09. The van der Waals surface area contributed by atoms with Gasteiger partial charge in [0.1, 0.15) is 11.5 Å². The van der Waals surface area contributed by atoms with E-state index in [2.05, 4.69) is 26.2 Å². The number of halogens is 1. The summed E-state index contributed by atoms with van der Waals surface area (Å²) in [6.07, 6.45) is 1.63. The number of rotatable bonds is 7. The number of carbonyl (C=O) groups excluding carboxylic acids is 1. The van der Waals surface area contributed by atoms with Crippen LogP contribution in [0.2, 0.25) is 0 Å². The number of carbonyl (C=O) groups is 1. The number of methoxy groups -OCH3 is 2. The lowest BCUT2D eigenvalue weighted by molar-refractivity contribution is -0.122. The molecule has 0 saturated carbocycles. The monoisotopic (exact) mass is 459 g/mol. The first-order valence-electron chi connectivity index (χ1n) is 9.09. The quantitative estimate of drug-likeness (QED) is 0.584. The van der Waals surface area contributed by atoms with Gasteiger partial charge in [0.15, 0.2) is 0 Å². The lowest BCUT2D eigenvalue weighted by Gasteiger charge is -2.18. The van der Waals surface area contributed by atoms with Crippen LogP contribution >= 0.6 is 15.9 Å². The fourth-order valence-corrected chi connectivity index (χ4v) is 3.44. The van der Waals surface area contributed by atoms with Crippen molar-refractivity contribution < 1.29 is 14.3 Å². The van der Waals surface area contributed by atoms with Gasteiger partial charge in [-0.3, -0.25) is 14.2 Å². The van der Waals surface area contributed by atoms with E-state index in [4.69, 9.17) is 9.47 Å². The van der Waals surface area contributed by atoms with Crippen molar-refractivity contribution in [2.75, 3.05) is 14.2 Å². The van der Waals surface area contributed by atoms with Crippen molar-refractivity contribution in [3.63, 3.8) is 0 Å². The molecule has 1 aromatic heterocycles. The largest absolute Gasteiger partial charge is 0.497 e. The summed E-state index contributed by atoms with van der Waals surface area (Å²) in [7, 11) is 3.16. The van der Waals surface area contributed by atoms with Crippen molar-refractivity contribution in [2.45, 2.75) is 25.9 Å². The Morgan fingerprint density at radius 3 is 2.72 bits per heavy atom. The zero-order valence-electron chi connectivity index (χ0n) is 16.4. The van der Waals surface area contributed by atoms with Crippen LogP contribution in [0.3, 0.4) is 0 Å². The highest BCUT2D eigenvalue weighted by Gasteiger charge is 2.15. The van der Waals surface area contributed by atoms with Gasteiger partial charge in [-0.05, 0) is 37.3 Å². The second-order valence-corrected chi connectivity index (χ2v) is 7.47. The van der Waals surface area contributed by atoms with Crippen LogP contribution in [0, 0.1) is 0 Å². The molecule has 1 N–H and O–H groups in total. The third-order valence-corrected chi connectivity index (χ3v) is 5.14. The molecule has 0 radical (unpaired) electrons. The molecule has 2 aromatic carbocycles. The van der Waals surface area contributed by atoms with Gasteiger partial charge < -0.3 is 14.8 Å². The van der Waals surface area contributed by atoms with Gasteiger partial charge in [-0.25, -0.2) is 4.98 Å². The van der Waals surface area contributed by atoms with Crippen LogP contribution in [0.25, 0.3) is 10.9 Å². The lowest BCUT2D eigenvalue weighted by Crippen LogP contribution is -2.29. The molecule has 0 fully saturated rings. The molecule has 1 amide bonds. The van der Waals surface area contributed by atoms with E-state index in [0.29, 0.717) is 22.4 Å². The van der Waals surface area contributed by atoms with E-state index < -0.39 is 0 Å². The highest BCUT2D eigenvalue weighted by atomic mass is 79.9. The maximum Gasteiger partial charge on any atom is 0.261 e. The van der Waals surface area contributed by atoms with Gasteiger partial charge in [-0.2, -0.15) is 0 Å². The van der Waals surface area contributed by atoms with Crippen LogP contribution in [0.4, 0.5) is 0 Å². The van der Waals surface area contributed by atoms with Crippen molar-refractivity contribution in [3.05, 3.63) is 63.1 Å². The Hall–Kier alpha value is -2.87. The average molecular weight is 460 g/mol. The van der Waals surface area contributed by atoms with Crippen LogP contribution < -0.4 is 20.3 Å². The SMILES string of the molecule is COc1ccc(C(C)NC(=O)CCn2cnc3ccc(Br)cc3c2=O)c(OC)c1. The van der Waals surface area contributed by atoms with Crippen LogP contribution in [-0.2, 0) is 11.3 Å². The second-order valence-electron chi connectivity index (χ2n) is 6.55. The van der Waals surface area contributed by atoms with E-state index in [9.17, 15) is 9.59 Å². The predicted octanol–water partition coefficient (Wildman–Crippen LogP) is 3.44. The molecule has 152 valence electrons. The Balaban J connectivity index is 1.68. The van der Waals surface area contributed by atoms with Gasteiger partial charge >= 0.3 is 0 Å². The number of aryl methyl sites for hydroxylation is 1. The van der Waals surface area contributed by atoms with Crippen LogP contribution in [0.1, 0.15) is 24.9 Å². The summed E-state index contributed by atoms with van der Waals surface area (Å²) in [5.74, 6) is 1.15. The Kier molecular flexibility index (Phi) is 6.53. The Labute approximate surface area is 176 Å². The molecule has 0 aliphatic carbocycles. The van der Waals surface area contributed by atoms with Crippen molar-refractivity contribution in [1.82, 2.24) is 14.9 Å². The summed E-state index contributed by atoms with van der Waals surface area (Å²) in [5, 5.41) is 3.45. The number of amides is 1. The number of nitrogens with zero attached hydrogens (tertiary/aromatic N) is 2. The molecule has 3 rings (SSSR count). The van der Waals surface area contributed by atoms with E-state index in [0.717, 1.165) is 10.0 Å². The summed E-state index contributed by atoms with van der Waals surface area (Å²) in [4.78, 5) is 29.3. The smallest absolute Gasteiger partial charge is 0.261 e. The van der Waals surface area contributed by atoms with Crippen molar-refractivity contribution in [1.29, 1.82) is 0 Å². The van der Waals surface area contributed by atoms with Gasteiger partial charge in [0, 0.05) is 29.1 Å². The number of nitrogens with one attached hydrogen (secondary N) is 1. The molecule has 0 spiro atoms. The number of hydrogen-bond donors (Lipinski definition) is 1. The third-order valence-electron chi connectivity index (χ3n) is 4.65. The molecule has 8 heteroatoms. The number of aromatic nitrogens is 2. The topological polar surface area (TPSA) is 82.5 Å². The molecule has 0 bridgehead atoms. The molecule has 29 heavy (non-hydrogen) atoms. The maximum absolute atomic E-state index is 12.6. The first-order chi connectivity index (χ1) is 13.9. The summed E-state index contributed by atoms with van der Waals surface area (Å²) in [5.41, 5.74) is 1.30. The Morgan fingerprint density at radius 2 is 2.00 bits per heavy atom. The number of benzene rings is 2. The Bertz CT molecular complexity index is 1100. The van der Waals surface area contributed by atoms with E-state index >= 15 is 0 Å². The molecular weight excluding hydrogens is 438 g/mol. The van der Waals surface area contributed by atoms with E-state index in [1.54, 1.807) is 32.4 Å². The minimum absolute atomic E-state index is 0.157. The Morgan fingerprint density at radius 1 is 1.21 bits per heavy atom. The van der Waals surface area contributed by atoms with Gasteiger partial charge in [0.25, 0.3) is 5.56 Å². The van der Waals surface area contributed by atoms with Crippen LogP contribution in [-0.4, -0.2) is 29.7 Å². The normalized spacial score (nSPS) is 11.9. The zero-order chi connectivity index (χ0) is 21.0. The minimum Gasteiger partial charge on any atom is -0.497 e. The maximum atomic E-state index is 12.6. The van der Waals surface area contributed by atoms with Crippen molar-refractivity contribution in [2.24, 2.45) is 0 Å². The molecule has 0 aliphatic rings. The first-order valence-corrected chi connectivity index (χ1v) is 9.88. The third kappa shape index (κ3) is 4.76. The van der Waals surface area contributed by atoms with Gasteiger partial charge in [-0.1, -0.05) is 15.9 Å². The molecule has 1 atom stereocenters. The molecule has 0 saturated heterocycles. The molecule has 0 aliphatic heterocycles. The fraction of sp³-hybridized carbons (Fsp3) is 0.286. The number of hydrogen-bond acceptors (Lipinski definition) is 5. The summed E-state index contributed by atoms with van der Waals surface area (Å²) >= 11 is 3.37. The molecule has 1 unspecified atom stereocenters. The van der Waals surface area contributed by atoms with Crippen LogP contribution in [0.5, 0.6) is 11.5 Å². The van der Waals surface area contributed by atoms with E-state index in [1.807, 2.05) is 25.1 Å². The summed E-state index contributed by atoms with van der Waals surface area (Å²) in [6, 6.07) is 10.5. The summed E-state index contributed by atoms with van der Waals surface area (Å²) < 4.78 is 12.9. The molecular formula is C21H22BrN3O4. The minimum atomic E-state index is -0.259. The average Bonchev–Trinajstić information content (AvgIpc) is 2.73. The molecule has 3 aromatic rings. The van der Waals surface area contributed by atoms with Gasteiger partial charge in [0.05, 0.1) is 37.5 Å². The fourth-order valence-electron chi connectivity index (χ4n) is 3.08. The number of ether oxygens (including phenoxy) is 2. The van der Waals surface area contributed by atoms with Gasteiger partial charge in [0.2, 0.25) is 5.91 Å². The van der Waals surface area contributed by atoms with E-state index in [1.165, 1.54) is 10.9 Å². The predicted molar refractivity (Wildman–Crippen MR) is 114 cm³/mol. The standard InChI is InChI=1S/C21H22BrN3O4/c1-13(16-6-5-15(28-2)11-19(16)29-3)24-20(26)8-9-25-12-23-18-7-4-14(22)10-17(18)21(25)27/h4-7,10-13H,8-9H2,1-3H3,(H,24,26). The zero-order valence-corrected chi connectivity index (χ0v) is 18.0. The molecule has 1 heterocycles. The van der Waals surface area contributed by atoms with E-state index in [-0.39, 0.29) is 30.5 Å². The lowest BCUT2D eigenvalue weighted by atomic mass is 10.1. The van der Waals surface area contributed by atoms with Gasteiger partial charge in [-0.15, -0.1) is 0 Å². The van der Waals surface area contributed by atoms with Crippen LogP contribution in [0.15, 0.2) is 52.0 Å². The summed E-state index contributed by atoms with van der Waals surface area (Å²) in [6.45, 7) is 2.12. The van der Waals surface area contributed by atoms with Crippen molar-refractivity contribution >= 4 is 32.7 Å².